The minimum Gasteiger partial charge on any atom is -0.468 e. The van der Waals surface area contributed by atoms with Crippen LogP contribution >= 0.6 is 11.8 Å². The zero-order valence-corrected chi connectivity index (χ0v) is 12.1. The van der Waals surface area contributed by atoms with Crippen LogP contribution in [0.3, 0.4) is 0 Å². The SMILES string of the molecule is COC(=O)C(N)(CSCc1ccco1)c1ccccc1. The van der Waals surface area contributed by atoms with E-state index >= 15 is 0 Å². The van der Waals surface area contributed by atoms with E-state index in [0.29, 0.717) is 11.5 Å². The number of carbonyl (C=O) groups is 1. The van der Waals surface area contributed by atoms with Gasteiger partial charge in [0.1, 0.15) is 11.3 Å². The van der Waals surface area contributed by atoms with Crippen LogP contribution in [0.1, 0.15) is 11.3 Å². The number of furan rings is 1. The van der Waals surface area contributed by atoms with Crippen molar-refractivity contribution in [2.45, 2.75) is 11.3 Å². The Kier molecular flexibility index (Phi) is 4.87. The van der Waals surface area contributed by atoms with Crippen LogP contribution in [0.4, 0.5) is 0 Å². The summed E-state index contributed by atoms with van der Waals surface area (Å²) in [6.07, 6.45) is 1.63. The summed E-state index contributed by atoms with van der Waals surface area (Å²) >= 11 is 1.54. The predicted molar refractivity (Wildman–Crippen MR) is 79.2 cm³/mol. The summed E-state index contributed by atoms with van der Waals surface area (Å²) in [6, 6.07) is 13.0. The summed E-state index contributed by atoms with van der Waals surface area (Å²) in [6.45, 7) is 0. The molecule has 5 heteroatoms. The first kappa shape index (κ1) is 14.7. The van der Waals surface area contributed by atoms with Crippen molar-refractivity contribution in [2.24, 2.45) is 5.73 Å². The van der Waals surface area contributed by atoms with E-state index in [9.17, 15) is 4.79 Å². The van der Waals surface area contributed by atoms with Crippen LogP contribution in [0.5, 0.6) is 0 Å². The minimum atomic E-state index is -1.15. The fourth-order valence-corrected chi connectivity index (χ4v) is 2.96. The second-order valence-corrected chi connectivity index (χ2v) is 5.39. The number of hydrogen-bond donors (Lipinski definition) is 1. The average Bonchev–Trinajstić information content (AvgIpc) is 3.00. The molecule has 1 unspecified atom stereocenters. The highest BCUT2D eigenvalue weighted by Crippen LogP contribution is 2.26. The monoisotopic (exact) mass is 291 g/mol. The molecule has 0 aliphatic rings. The largest absolute Gasteiger partial charge is 0.468 e. The molecule has 2 N–H and O–H groups in total. The number of benzene rings is 1. The molecule has 106 valence electrons. The fraction of sp³-hybridized carbons (Fsp3) is 0.267. The van der Waals surface area contributed by atoms with Gasteiger partial charge in [0.2, 0.25) is 0 Å². The van der Waals surface area contributed by atoms with Gasteiger partial charge in [-0.3, -0.25) is 0 Å². The van der Waals surface area contributed by atoms with Crippen molar-refractivity contribution < 1.29 is 13.9 Å². The van der Waals surface area contributed by atoms with Gasteiger partial charge in [-0.2, -0.15) is 11.8 Å². The van der Waals surface area contributed by atoms with Gasteiger partial charge in [0.25, 0.3) is 0 Å². The highest BCUT2D eigenvalue weighted by atomic mass is 32.2. The maximum Gasteiger partial charge on any atom is 0.331 e. The molecule has 0 saturated heterocycles. The molecule has 0 bridgehead atoms. The van der Waals surface area contributed by atoms with Crippen molar-refractivity contribution in [3.05, 3.63) is 60.1 Å². The quantitative estimate of drug-likeness (QED) is 0.829. The van der Waals surface area contributed by atoms with Gasteiger partial charge in [0.05, 0.1) is 19.1 Å². The number of nitrogens with two attached hydrogens (primary N) is 1. The van der Waals surface area contributed by atoms with Crippen LogP contribution in [-0.4, -0.2) is 18.8 Å². The van der Waals surface area contributed by atoms with E-state index in [1.807, 2.05) is 42.5 Å². The van der Waals surface area contributed by atoms with Crippen LogP contribution in [-0.2, 0) is 20.8 Å². The Bertz CT molecular complexity index is 542. The smallest absolute Gasteiger partial charge is 0.331 e. The molecule has 20 heavy (non-hydrogen) atoms. The summed E-state index contributed by atoms with van der Waals surface area (Å²) in [5.41, 5.74) is 5.89. The molecule has 0 amide bonds. The molecule has 0 spiro atoms. The number of thioether (sulfide) groups is 1. The standard InChI is InChI=1S/C15H17NO3S/c1-18-14(17)15(16,12-6-3-2-4-7-12)11-20-10-13-8-5-9-19-13/h2-9H,10-11,16H2,1H3. The second-order valence-electron chi connectivity index (χ2n) is 4.40. The maximum absolute atomic E-state index is 12.0. The Hall–Kier alpha value is -1.72. The molecule has 1 aromatic heterocycles. The minimum absolute atomic E-state index is 0.421. The molecule has 1 aromatic carbocycles. The lowest BCUT2D eigenvalue weighted by molar-refractivity contribution is -0.146. The van der Waals surface area contributed by atoms with Crippen molar-refractivity contribution in [2.75, 3.05) is 12.9 Å². The Balaban J connectivity index is 2.09. The van der Waals surface area contributed by atoms with E-state index in [1.54, 1.807) is 6.26 Å². The molecule has 0 radical (unpaired) electrons. The van der Waals surface area contributed by atoms with Crippen LogP contribution in [0, 0.1) is 0 Å². The third-order valence-electron chi connectivity index (χ3n) is 2.99. The lowest BCUT2D eigenvalue weighted by Crippen LogP contribution is -2.48. The van der Waals surface area contributed by atoms with Gasteiger partial charge in [-0.05, 0) is 17.7 Å². The number of hydrogen-bond acceptors (Lipinski definition) is 5. The van der Waals surface area contributed by atoms with Crippen LogP contribution in [0.25, 0.3) is 0 Å². The lowest BCUT2D eigenvalue weighted by atomic mass is 9.93. The van der Waals surface area contributed by atoms with E-state index < -0.39 is 11.5 Å². The van der Waals surface area contributed by atoms with E-state index in [1.165, 1.54) is 18.9 Å². The summed E-state index contributed by atoms with van der Waals surface area (Å²) in [4.78, 5) is 12.0. The first-order chi connectivity index (χ1) is 9.66. The number of carbonyl (C=O) groups excluding carboxylic acids is 1. The number of esters is 1. The van der Waals surface area contributed by atoms with E-state index in [2.05, 4.69) is 0 Å². The van der Waals surface area contributed by atoms with Crippen LogP contribution < -0.4 is 5.73 Å². The van der Waals surface area contributed by atoms with Gasteiger partial charge >= 0.3 is 5.97 Å². The molecule has 1 atom stereocenters. The van der Waals surface area contributed by atoms with Gasteiger partial charge in [0.15, 0.2) is 0 Å². The van der Waals surface area contributed by atoms with Gasteiger partial charge < -0.3 is 14.9 Å². The molecule has 0 aliphatic heterocycles. The zero-order valence-electron chi connectivity index (χ0n) is 11.2. The van der Waals surface area contributed by atoms with Gasteiger partial charge in [-0.15, -0.1) is 0 Å². The second kappa shape index (κ2) is 6.63. The first-order valence-corrected chi connectivity index (χ1v) is 7.35. The molecule has 4 nitrogen and oxygen atoms in total. The summed E-state index contributed by atoms with van der Waals surface area (Å²) in [5, 5.41) is 0. The van der Waals surface area contributed by atoms with Crippen molar-refractivity contribution in [3.8, 4) is 0 Å². The Morgan fingerprint density at radius 3 is 2.65 bits per heavy atom. The molecule has 2 rings (SSSR count). The summed E-state index contributed by atoms with van der Waals surface area (Å²) < 4.78 is 10.1. The molecule has 2 aromatic rings. The normalized spacial score (nSPS) is 13.7. The van der Waals surface area contributed by atoms with Crippen molar-refractivity contribution in [1.82, 2.24) is 0 Å². The van der Waals surface area contributed by atoms with Gasteiger partial charge in [0, 0.05) is 5.75 Å². The van der Waals surface area contributed by atoms with Crippen LogP contribution in [0.15, 0.2) is 53.1 Å². The number of rotatable bonds is 6. The van der Waals surface area contributed by atoms with E-state index in [4.69, 9.17) is 14.9 Å². The number of ether oxygens (including phenoxy) is 1. The topological polar surface area (TPSA) is 65.5 Å². The average molecular weight is 291 g/mol. The highest BCUT2D eigenvalue weighted by Gasteiger charge is 2.37. The van der Waals surface area contributed by atoms with Gasteiger partial charge in [-0.1, -0.05) is 30.3 Å². The predicted octanol–water partition coefficient (Wildman–Crippen LogP) is 2.54. The van der Waals surface area contributed by atoms with Crippen molar-refractivity contribution >= 4 is 17.7 Å². The number of methoxy groups -OCH3 is 1. The zero-order chi connectivity index (χ0) is 14.4. The Morgan fingerprint density at radius 1 is 1.30 bits per heavy atom. The molecule has 1 heterocycles. The first-order valence-electron chi connectivity index (χ1n) is 6.20. The van der Waals surface area contributed by atoms with E-state index in [0.717, 1.165) is 11.3 Å². The fourth-order valence-electron chi connectivity index (χ4n) is 1.89. The Labute approximate surface area is 122 Å². The molecule has 0 aliphatic carbocycles. The van der Waals surface area contributed by atoms with Crippen LogP contribution in [0.2, 0.25) is 0 Å². The molecule has 0 saturated carbocycles. The van der Waals surface area contributed by atoms with E-state index in [-0.39, 0.29) is 0 Å². The maximum atomic E-state index is 12.0. The Morgan fingerprint density at radius 2 is 2.05 bits per heavy atom. The van der Waals surface area contributed by atoms with Crippen molar-refractivity contribution in [1.29, 1.82) is 0 Å². The lowest BCUT2D eigenvalue weighted by Gasteiger charge is -2.26. The van der Waals surface area contributed by atoms with Gasteiger partial charge in [-0.25, -0.2) is 4.79 Å². The molecular formula is C15H17NO3S. The molecular weight excluding hydrogens is 274 g/mol. The van der Waals surface area contributed by atoms with Crippen molar-refractivity contribution in [3.63, 3.8) is 0 Å². The summed E-state index contributed by atoms with van der Waals surface area (Å²) in [5.74, 6) is 1.51. The third-order valence-corrected chi connectivity index (χ3v) is 4.14. The summed E-state index contributed by atoms with van der Waals surface area (Å²) in [7, 11) is 1.35. The third kappa shape index (κ3) is 3.23. The molecule has 0 fully saturated rings. The highest BCUT2D eigenvalue weighted by molar-refractivity contribution is 7.98.